The van der Waals surface area contributed by atoms with Crippen molar-refractivity contribution in [3.63, 3.8) is 0 Å². The van der Waals surface area contributed by atoms with E-state index in [1.807, 2.05) is 0 Å². The van der Waals surface area contributed by atoms with E-state index in [0.29, 0.717) is 6.04 Å². The van der Waals surface area contributed by atoms with Crippen molar-refractivity contribution < 1.29 is 0 Å². The van der Waals surface area contributed by atoms with Crippen molar-refractivity contribution >= 4 is 8.24 Å². The van der Waals surface area contributed by atoms with E-state index in [2.05, 4.69) is 68.5 Å². The topological polar surface area (TPSA) is 3.24 Å². The van der Waals surface area contributed by atoms with Gasteiger partial charge in [-0.3, -0.25) is 0 Å². The van der Waals surface area contributed by atoms with Crippen LogP contribution in [0.3, 0.4) is 0 Å². The fourth-order valence-corrected chi connectivity index (χ4v) is 2.85. The Labute approximate surface area is 88.8 Å². The fraction of sp³-hybridized carbons (Fsp3) is 0.500. The third-order valence-corrected chi connectivity index (χ3v) is 5.42. The van der Waals surface area contributed by atoms with E-state index in [1.165, 1.54) is 5.56 Å². The molecule has 0 heterocycles. The summed E-state index contributed by atoms with van der Waals surface area (Å²) in [6.45, 7) is 9.43. The van der Waals surface area contributed by atoms with Crippen LogP contribution in [0, 0.1) is 0 Å². The molecule has 0 aliphatic heterocycles. The maximum absolute atomic E-state index is 2.53. The molecule has 1 aromatic carbocycles. The maximum atomic E-state index is 2.53. The van der Waals surface area contributed by atoms with Crippen molar-refractivity contribution in [2.45, 2.75) is 32.6 Å². The molecule has 0 spiro atoms. The van der Waals surface area contributed by atoms with E-state index in [4.69, 9.17) is 0 Å². The van der Waals surface area contributed by atoms with Gasteiger partial charge in [0.1, 0.15) is 8.24 Å². The van der Waals surface area contributed by atoms with Gasteiger partial charge in [0.05, 0.1) is 0 Å². The van der Waals surface area contributed by atoms with Crippen LogP contribution in [0.2, 0.25) is 19.6 Å². The van der Waals surface area contributed by atoms with E-state index < -0.39 is 8.24 Å². The van der Waals surface area contributed by atoms with Crippen molar-refractivity contribution in [2.24, 2.45) is 0 Å². The number of hydrogen-bond acceptors (Lipinski definition) is 1. The highest BCUT2D eigenvalue weighted by molar-refractivity contribution is 6.73. The summed E-state index contributed by atoms with van der Waals surface area (Å²) >= 11 is 0. The summed E-state index contributed by atoms with van der Waals surface area (Å²) in [7, 11) is 1.07. The molecule has 0 unspecified atom stereocenters. The summed E-state index contributed by atoms with van der Waals surface area (Å²) in [4.78, 5) is 0. The Kier molecular flexibility index (Phi) is 3.51. The highest BCUT2D eigenvalue weighted by Gasteiger charge is 2.24. The van der Waals surface area contributed by atoms with Gasteiger partial charge in [0.15, 0.2) is 0 Å². The Balaban J connectivity index is 2.81. The zero-order valence-electron chi connectivity index (χ0n) is 9.91. The molecule has 0 aromatic heterocycles. The average Bonchev–Trinajstić information content (AvgIpc) is 2.15. The Morgan fingerprint density at radius 2 is 1.57 bits per heavy atom. The minimum Gasteiger partial charge on any atom is -0.320 e. The van der Waals surface area contributed by atoms with Gasteiger partial charge in [-0.2, -0.15) is 0 Å². The largest absolute Gasteiger partial charge is 0.320 e. The van der Waals surface area contributed by atoms with Gasteiger partial charge in [-0.25, -0.2) is 0 Å². The predicted octanol–water partition coefficient (Wildman–Crippen LogP) is 3.51. The van der Waals surface area contributed by atoms with Gasteiger partial charge in [-0.1, -0.05) is 50.0 Å². The third kappa shape index (κ3) is 2.69. The van der Waals surface area contributed by atoms with E-state index >= 15 is 0 Å². The van der Waals surface area contributed by atoms with Crippen LogP contribution in [0.25, 0.3) is 0 Å². The first-order chi connectivity index (χ1) is 6.43. The lowest BCUT2D eigenvalue weighted by molar-refractivity contribution is 0.407. The molecule has 0 fully saturated rings. The zero-order chi connectivity index (χ0) is 10.8. The normalized spacial score (nSPS) is 14.4. The summed E-state index contributed by atoms with van der Waals surface area (Å²) < 4.78 is 2.53. The third-order valence-electron chi connectivity index (χ3n) is 2.92. The van der Waals surface area contributed by atoms with E-state index in [1.54, 1.807) is 0 Å². The summed E-state index contributed by atoms with van der Waals surface area (Å²) in [5, 5.41) is 0. The average molecular weight is 207 g/mol. The van der Waals surface area contributed by atoms with Crippen molar-refractivity contribution in [1.82, 2.24) is 4.57 Å². The van der Waals surface area contributed by atoms with Gasteiger partial charge in [0.2, 0.25) is 0 Å². The molecule has 0 saturated heterocycles. The van der Waals surface area contributed by atoms with Crippen LogP contribution in [0.1, 0.15) is 18.5 Å². The van der Waals surface area contributed by atoms with Gasteiger partial charge in [0, 0.05) is 6.04 Å². The Morgan fingerprint density at radius 1 is 1.07 bits per heavy atom. The van der Waals surface area contributed by atoms with Gasteiger partial charge in [-0.05, 0) is 19.5 Å². The second kappa shape index (κ2) is 4.28. The molecule has 2 heteroatoms. The first kappa shape index (κ1) is 11.5. The molecule has 0 bridgehead atoms. The first-order valence-electron chi connectivity index (χ1n) is 5.21. The number of benzene rings is 1. The molecule has 0 saturated carbocycles. The van der Waals surface area contributed by atoms with E-state index in [0.717, 1.165) is 0 Å². The predicted molar refractivity (Wildman–Crippen MR) is 66.0 cm³/mol. The highest BCUT2D eigenvalue weighted by Crippen LogP contribution is 2.23. The van der Waals surface area contributed by atoms with E-state index in [9.17, 15) is 0 Å². The van der Waals surface area contributed by atoms with Gasteiger partial charge < -0.3 is 4.57 Å². The molecule has 0 aliphatic rings. The molecule has 1 atom stereocenters. The molecular weight excluding hydrogens is 186 g/mol. The lowest BCUT2D eigenvalue weighted by Crippen LogP contribution is -2.44. The van der Waals surface area contributed by atoms with Crippen molar-refractivity contribution in [3.05, 3.63) is 35.9 Å². The van der Waals surface area contributed by atoms with Crippen LogP contribution < -0.4 is 0 Å². The molecule has 0 amide bonds. The molecule has 0 aliphatic carbocycles. The van der Waals surface area contributed by atoms with Crippen LogP contribution in [0.4, 0.5) is 0 Å². The smallest absolute Gasteiger partial charge is 0.119 e. The van der Waals surface area contributed by atoms with Gasteiger partial charge >= 0.3 is 0 Å². The molecule has 0 radical (unpaired) electrons. The second-order valence-electron chi connectivity index (χ2n) is 4.87. The highest BCUT2D eigenvalue weighted by atomic mass is 28.3. The van der Waals surface area contributed by atoms with Crippen LogP contribution in [-0.2, 0) is 0 Å². The quantitative estimate of drug-likeness (QED) is 0.686. The zero-order valence-corrected chi connectivity index (χ0v) is 10.9. The molecule has 1 nitrogen and oxygen atoms in total. The molecule has 1 rings (SSSR count). The van der Waals surface area contributed by atoms with Gasteiger partial charge in [-0.15, -0.1) is 0 Å². The number of nitrogens with zero attached hydrogens (tertiary/aromatic N) is 1. The van der Waals surface area contributed by atoms with Crippen molar-refractivity contribution in [1.29, 1.82) is 0 Å². The van der Waals surface area contributed by atoms with Gasteiger partial charge in [0.25, 0.3) is 0 Å². The molecule has 78 valence electrons. The minimum atomic E-state index is -1.17. The molecule has 1 aromatic rings. The molecule has 0 N–H and O–H groups in total. The first-order valence-corrected chi connectivity index (χ1v) is 8.65. The van der Waals surface area contributed by atoms with Crippen LogP contribution in [-0.4, -0.2) is 19.8 Å². The Morgan fingerprint density at radius 3 is 2.00 bits per heavy atom. The lowest BCUT2D eigenvalue weighted by atomic mass is 10.1. The number of rotatable bonds is 3. The minimum absolute atomic E-state index is 0.530. The summed E-state index contributed by atoms with van der Waals surface area (Å²) in [5.41, 5.74) is 1.41. The van der Waals surface area contributed by atoms with E-state index in [-0.39, 0.29) is 0 Å². The Hall–Kier alpha value is -0.603. The van der Waals surface area contributed by atoms with Crippen LogP contribution >= 0.6 is 0 Å². The molecular formula is C12H21NSi. The standard InChI is InChI=1S/C12H21NSi/c1-11(13(2)14(3,4)5)12-9-7-6-8-10-12/h6-11H,1-5H3/t11-/m0/s1. The summed E-state index contributed by atoms with van der Waals surface area (Å²) in [6.07, 6.45) is 0. The fourth-order valence-electron chi connectivity index (χ4n) is 1.54. The summed E-state index contributed by atoms with van der Waals surface area (Å²) in [5.74, 6) is 0. The van der Waals surface area contributed by atoms with Crippen LogP contribution in [0.5, 0.6) is 0 Å². The maximum Gasteiger partial charge on any atom is 0.119 e. The van der Waals surface area contributed by atoms with Crippen LogP contribution in [0.15, 0.2) is 30.3 Å². The van der Waals surface area contributed by atoms with Crippen molar-refractivity contribution in [3.8, 4) is 0 Å². The SMILES string of the molecule is C[C@@H](c1ccccc1)N(C)[Si](C)(C)C. The monoisotopic (exact) mass is 207 g/mol. The molecule has 14 heavy (non-hydrogen) atoms. The second-order valence-corrected chi connectivity index (χ2v) is 9.92. The van der Waals surface area contributed by atoms with Crippen molar-refractivity contribution in [2.75, 3.05) is 7.05 Å². The summed E-state index contributed by atoms with van der Waals surface area (Å²) in [6, 6.07) is 11.3. The lowest BCUT2D eigenvalue weighted by Gasteiger charge is -2.35. The Bertz CT molecular complexity index is 276. The number of hydrogen-bond donors (Lipinski definition) is 0.